The van der Waals surface area contributed by atoms with Crippen molar-refractivity contribution in [2.45, 2.75) is 19.5 Å². The molecular weight excluding hydrogens is 312 g/mol. The highest BCUT2D eigenvalue weighted by molar-refractivity contribution is 5.79. The van der Waals surface area contributed by atoms with Crippen LogP contribution in [0.3, 0.4) is 0 Å². The highest BCUT2D eigenvalue weighted by Crippen LogP contribution is 2.18. The maximum atomic E-state index is 12.3. The third kappa shape index (κ3) is 3.07. The zero-order valence-electron chi connectivity index (χ0n) is 12.9. The lowest BCUT2D eigenvalue weighted by molar-refractivity contribution is -0.124. The van der Waals surface area contributed by atoms with E-state index in [0.29, 0.717) is 17.2 Å². The Morgan fingerprint density at radius 3 is 2.75 bits per heavy atom. The van der Waals surface area contributed by atoms with Crippen LogP contribution >= 0.6 is 0 Å². The van der Waals surface area contributed by atoms with Crippen LogP contribution in [-0.4, -0.2) is 15.7 Å². The maximum absolute atomic E-state index is 12.3. The van der Waals surface area contributed by atoms with Gasteiger partial charge in [-0.15, -0.1) is 0 Å². The molecule has 0 saturated heterocycles. The summed E-state index contributed by atoms with van der Waals surface area (Å²) in [7, 11) is 0. The van der Waals surface area contributed by atoms with Crippen LogP contribution in [0.25, 0.3) is 11.5 Å². The average Bonchev–Trinajstić information content (AvgIpc) is 3.27. The molecule has 0 aromatic carbocycles. The molecule has 0 radical (unpaired) electrons. The first-order chi connectivity index (χ1) is 11.6. The summed E-state index contributed by atoms with van der Waals surface area (Å²) in [6.07, 6.45) is 3.01. The molecular formula is C16H16N4O4. The van der Waals surface area contributed by atoms with Crippen LogP contribution < -0.4 is 16.6 Å². The predicted molar refractivity (Wildman–Crippen MR) is 85.9 cm³/mol. The van der Waals surface area contributed by atoms with Crippen LogP contribution in [0.4, 0.5) is 5.69 Å². The van der Waals surface area contributed by atoms with Crippen molar-refractivity contribution in [3.8, 4) is 11.5 Å². The number of carbonyl (C=O) groups is 1. The summed E-state index contributed by atoms with van der Waals surface area (Å²) >= 11 is 0. The molecule has 1 atom stereocenters. The number of anilines is 1. The molecule has 1 unspecified atom stereocenters. The number of hydrogen-bond donors (Lipinski definition) is 2. The molecule has 3 rings (SSSR count). The molecule has 8 heteroatoms. The maximum Gasteiger partial charge on any atom is 0.290 e. The van der Waals surface area contributed by atoms with Gasteiger partial charge in [-0.05, 0) is 37.3 Å². The van der Waals surface area contributed by atoms with Crippen molar-refractivity contribution >= 4 is 11.6 Å². The Balaban J connectivity index is 1.84. The first-order valence-corrected chi connectivity index (χ1v) is 7.29. The number of aromatic nitrogens is 2. The van der Waals surface area contributed by atoms with E-state index >= 15 is 0 Å². The van der Waals surface area contributed by atoms with E-state index in [1.54, 1.807) is 31.2 Å². The van der Waals surface area contributed by atoms with Gasteiger partial charge < -0.3 is 19.9 Å². The van der Waals surface area contributed by atoms with Gasteiger partial charge in [0.15, 0.2) is 5.76 Å². The number of amides is 1. The first-order valence-electron chi connectivity index (χ1n) is 7.29. The average molecular weight is 328 g/mol. The number of nitrogens with zero attached hydrogens (tertiary/aromatic N) is 2. The van der Waals surface area contributed by atoms with Crippen LogP contribution in [0.1, 0.15) is 18.7 Å². The van der Waals surface area contributed by atoms with Crippen molar-refractivity contribution in [1.29, 1.82) is 0 Å². The second-order valence-corrected chi connectivity index (χ2v) is 5.19. The topological polar surface area (TPSA) is 116 Å². The molecule has 0 bridgehead atoms. The van der Waals surface area contributed by atoms with Crippen LogP contribution in [0.5, 0.6) is 0 Å². The number of nitrogens with one attached hydrogen (secondary N) is 1. The third-order valence-corrected chi connectivity index (χ3v) is 3.50. The molecule has 0 saturated carbocycles. The number of nitrogens with two attached hydrogens (primary N) is 1. The van der Waals surface area contributed by atoms with Gasteiger partial charge in [-0.1, -0.05) is 0 Å². The molecule has 3 aromatic heterocycles. The van der Waals surface area contributed by atoms with E-state index in [2.05, 4.69) is 10.4 Å². The summed E-state index contributed by atoms with van der Waals surface area (Å²) in [6.45, 7) is 1.79. The first kappa shape index (κ1) is 15.6. The van der Waals surface area contributed by atoms with Crippen molar-refractivity contribution < 1.29 is 13.6 Å². The van der Waals surface area contributed by atoms with E-state index in [0.717, 1.165) is 4.68 Å². The minimum Gasteiger partial charge on any atom is -0.467 e. The zero-order valence-corrected chi connectivity index (χ0v) is 12.9. The summed E-state index contributed by atoms with van der Waals surface area (Å²) in [5.41, 5.74) is 5.58. The van der Waals surface area contributed by atoms with Crippen molar-refractivity contribution in [3.05, 3.63) is 59.0 Å². The summed E-state index contributed by atoms with van der Waals surface area (Å²) in [4.78, 5) is 24.5. The standard InChI is InChI=1S/C16H16N4O4/c1-10(15(21)18-9-11-4-2-6-23-11)20-16(22)12(17)8-13(19-20)14-5-3-7-24-14/h2-8,10H,9,17H2,1H3,(H,18,21). The Morgan fingerprint density at radius 2 is 2.08 bits per heavy atom. The molecule has 0 fully saturated rings. The Morgan fingerprint density at radius 1 is 1.33 bits per heavy atom. The van der Waals surface area contributed by atoms with Gasteiger partial charge in [0.25, 0.3) is 5.56 Å². The molecule has 124 valence electrons. The molecule has 1 amide bonds. The fourth-order valence-corrected chi connectivity index (χ4v) is 2.19. The summed E-state index contributed by atoms with van der Waals surface area (Å²) in [5, 5.41) is 6.88. The van der Waals surface area contributed by atoms with Gasteiger partial charge >= 0.3 is 0 Å². The van der Waals surface area contributed by atoms with Gasteiger partial charge in [-0.25, -0.2) is 4.68 Å². The number of nitrogen functional groups attached to an aromatic ring is 1. The highest BCUT2D eigenvalue weighted by Gasteiger charge is 2.20. The van der Waals surface area contributed by atoms with Crippen LogP contribution in [0.15, 0.2) is 56.5 Å². The molecule has 3 N–H and O–H groups in total. The van der Waals surface area contributed by atoms with Gasteiger partial charge in [0.2, 0.25) is 5.91 Å². The minimum absolute atomic E-state index is 0.0120. The van der Waals surface area contributed by atoms with Crippen molar-refractivity contribution in [2.24, 2.45) is 0 Å². The van der Waals surface area contributed by atoms with Gasteiger partial charge in [0, 0.05) is 0 Å². The van der Waals surface area contributed by atoms with Gasteiger partial charge in [-0.2, -0.15) is 5.10 Å². The SMILES string of the molecule is CC(C(=O)NCc1ccco1)n1nc(-c2ccco2)cc(N)c1=O. The lowest BCUT2D eigenvalue weighted by Crippen LogP contribution is -2.37. The summed E-state index contributed by atoms with van der Waals surface area (Å²) in [6, 6.07) is 7.44. The van der Waals surface area contributed by atoms with Crippen molar-refractivity contribution in [2.75, 3.05) is 5.73 Å². The highest BCUT2D eigenvalue weighted by atomic mass is 16.3. The Hall–Kier alpha value is -3.29. The Labute approximate surface area is 136 Å². The molecule has 24 heavy (non-hydrogen) atoms. The lowest BCUT2D eigenvalue weighted by atomic mass is 10.2. The molecule has 0 spiro atoms. The van der Waals surface area contributed by atoms with Crippen molar-refractivity contribution in [1.82, 2.24) is 15.1 Å². The van der Waals surface area contributed by atoms with E-state index in [1.807, 2.05) is 0 Å². The second-order valence-electron chi connectivity index (χ2n) is 5.19. The number of furan rings is 2. The zero-order chi connectivity index (χ0) is 17.1. The summed E-state index contributed by atoms with van der Waals surface area (Å²) in [5.74, 6) is 0.690. The quantitative estimate of drug-likeness (QED) is 0.734. The molecule has 3 heterocycles. The third-order valence-electron chi connectivity index (χ3n) is 3.50. The van der Waals surface area contributed by atoms with E-state index in [9.17, 15) is 9.59 Å². The van der Waals surface area contributed by atoms with Gasteiger partial charge in [0.05, 0.1) is 19.1 Å². The van der Waals surface area contributed by atoms with Crippen LogP contribution in [-0.2, 0) is 11.3 Å². The molecule has 3 aromatic rings. The van der Waals surface area contributed by atoms with Gasteiger partial charge in [-0.3, -0.25) is 9.59 Å². The van der Waals surface area contributed by atoms with E-state index in [-0.39, 0.29) is 18.1 Å². The van der Waals surface area contributed by atoms with E-state index in [1.165, 1.54) is 18.6 Å². The number of hydrogen-bond acceptors (Lipinski definition) is 6. The summed E-state index contributed by atoms with van der Waals surface area (Å²) < 4.78 is 11.5. The fourth-order valence-electron chi connectivity index (χ4n) is 2.19. The van der Waals surface area contributed by atoms with E-state index < -0.39 is 11.6 Å². The monoisotopic (exact) mass is 328 g/mol. The largest absolute Gasteiger partial charge is 0.467 e. The Kier molecular flexibility index (Phi) is 4.19. The number of carbonyl (C=O) groups excluding carboxylic acids is 1. The molecule has 0 aliphatic rings. The predicted octanol–water partition coefficient (Wildman–Crippen LogP) is 1.56. The second kappa shape index (κ2) is 6.45. The lowest BCUT2D eigenvalue weighted by Gasteiger charge is -2.15. The normalized spacial score (nSPS) is 12.0. The fraction of sp³-hybridized carbons (Fsp3) is 0.188. The van der Waals surface area contributed by atoms with Crippen LogP contribution in [0.2, 0.25) is 0 Å². The smallest absolute Gasteiger partial charge is 0.290 e. The van der Waals surface area contributed by atoms with Gasteiger partial charge in [0.1, 0.15) is 23.2 Å². The van der Waals surface area contributed by atoms with E-state index in [4.69, 9.17) is 14.6 Å². The number of rotatable bonds is 5. The minimum atomic E-state index is -0.843. The Bertz CT molecular complexity index is 881. The van der Waals surface area contributed by atoms with Crippen LogP contribution in [0, 0.1) is 0 Å². The molecule has 8 nitrogen and oxygen atoms in total. The van der Waals surface area contributed by atoms with Crippen molar-refractivity contribution in [3.63, 3.8) is 0 Å². The molecule has 0 aliphatic carbocycles. The molecule has 0 aliphatic heterocycles.